The van der Waals surface area contributed by atoms with Crippen molar-refractivity contribution in [3.63, 3.8) is 0 Å². The van der Waals surface area contributed by atoms with Crippen LogP contribution >= 0.6 is 0 Å². The van der Waals surface area contributed by atoms with Crippen molar-refractivity contribution < 1.29 is 26.7 Å². The molecule has 0 atom stereocenters. The molecule has 0 aliphatic carbocycles. The quantitative estimate of drug-likeness (QED) is 0.515. The van der Waals surface area contributed by atoms with E-state index < -0.39 is 35.3 Å². The molecule has 9 heteroatoms. The summed E-state index contributed by atoms with van der Waals surface area (Å²) in [7, 11) is 0. The number of benzene rings is 1. The number of aromatic nitrogens is 2. The molecule has 1 fully saturated rings. The molecule has 4 rings (SSSR count). The van der Waals surface area contributed by atoms with Crippen LogP contribution in [0, 0.1) is 23.3 Å². The zero-order chi connectivity index (χ0) is 19.3. The second-order valence-corrected chi connectivity index (χ2v) is 6.32. The van der Waals surface area contributed by atoms with Crippen LogP contribution in [0.15, 0.2) is 30.6 Å². The monoisotopic (exact) mass is 381 g/mol. The Balaban J connectivity index is 1.73. The largest absolute Gasteiger partial charge is 0.335 e. The number of hydrogen-bond donors (Lipinski definition) is 0. The Bertz CT molecular complexity index is 1060. The van der Waals surface area contributed by atoms with Gasteiger partial charge in [0.05, 0.1) is 18.6 Å². The van der Waals surface area contributed by atoms with E-state index in [1.54, 1.807) is 0 Å². The lowest BCUT2D eigenvalue weighted by molar-refractivity contribution is -0.138. The Morgan fingerprint density at radius 1 is 1.11 bits per heavy atom. The molecule has 1 aliphatic heterocycles. The van der Waals surface area contributed by atoms with Crippen molar-refractivity contribution in [1.82, 2.24) is 14.5 Å². The smallest absolute Gasteiger partial charge is 0.242 e. The fourth-order valence-corrected chi connectivity index (χ4v) is 3.02. The van der Waals surface area contributed by atoms with Gasteiger partial charge in [-0.05, 0) is 18.2 Å². The SMILES string of the molecule is O=C(Cn1cc(F)c2ncc(-c3ccc(F)c(F)c3F)cc21)N1CC(F)C1. The summed E-state index contributed by atoms with van der Waals surface area (Å²) in [4.78, 5) is 17.3. The van der Waals surface area contributed by atoms with Gasteiger partial charge in [0.2, 0.25) is 5.91 Å². The molecule has 1 saturated heterocycles. The zero-order valence-corrected chi connectivity index (χ0v) is 13.7. The van der Waals surface area contributed by atoms with Gasteiger partial charge in [0.25, 0.3) is 0 Å². The number of pyridine rings is 1. The maximum Gasteiger partial charge on any atom is 0.242 e. The van der Waals surface area contributed by atoms with Crippen molar-refractivity contribution in [2.24, 2.45) is 0 Å². The van der Waals surface area contributed by atoms with Crippen LogP contribution < -0.4 is 0 Å². The third-order valence-electron chi connectivity index (χ3n) is 4.51. The molecule has 1 amide bonds. The minimum Gasteiger partial charge on any atom is -0.335 e. The van der Waals surface area contributed by atoms with E-state index in [1.165, 1.54) is 15.5 Å². The molecule has 27 heavy (non-hydrogen) atoms. The number of halogens is 5. The molecule has 1 aliphatic rings. The maximum absolute atomic E-state index is 14.1. The summed E-state index contributed by atoms with van der Waals surface area (Å²) in [6.45, 7) is -0.271. The summed E-state index contributed by atoms with van der Waals surface area (Å²) in [6.07, 6.45) is 1.14. The normalized spacial score (nSPS) is 14.6. The molecular formula is C18H12F5N3O. The van der Waals surface area contributed by atoms with Crippen LogP contribution in [0.2, 0.25) is 0 Å². The molecule has 0 spiro atoms. The van der Waals surface area contributed by atoms with Gasteiger partial charge >= 0.3 is 0 Å². The number of carbonyl (C=O) groups excluding carboxylic acids is 1. The molecule has 0 saturated carbocycles. The molecule has 3 aromatic rings. The number of fused-ring (bicyclic) bond motifs is 1. The predicted molar refractivity (Wildman–Crippen MR) is 86.5 cm³/mol. The van der Waals surface area contributed by atoms with Gasteiger partial charge in [-0.1, -0.05) is 0 Å². The topological polar surface area (TPSA) is 38.1 Å². The Kier molecular flexibility index (Phi) is 4.09. The number of likely N-dealkylation sites (tertiary alicyclic amines) is 1. The summed E-state index contributed by atoms with van der Waals surface area (Å²) in [5, 5.41) is 0. The first-order valence-electron chi connectivity index (χ1n) is 8.05. The van der Waals surface area contributed by atoms with Crippen molar-refractivity contribution in [1.29, 1.82) is 0 Å². The van der Waals surface area contributed by atoms with Gasteiger partial charge in [-0.15, -0.1) is 0 Å². The molecule has 4 nitrogen and oxygen atoms in total. The molecule has 3 heterocycles. The van der Waals surface area contributed by atoms with Gasteiger partial charge in [-0.25, -0.2) is 22.0 Å². The number of carbonyl (C=O) groups is 1. The van der Waals surface area contributed by atoms with Gasteiger partial charge in [0.1, 0.15) is 18.2 Å². The summed E-state index contributed by atoms with van der Waals surface area (Å²) in [5.41, 5.74) is -0.0226. The fraction of sp³-hybridized carbons (Fsp3) is 0.222. The second-order valence-electron chi connectivity index (χ2n) is 6.32. The van der Waals surface area contributed by atoms with E-state index in [-0.39, 0.29) is 41.8 Å². The van der Waals surface area contributed by atoms with E-state index in [9.17, 15) is 26.7 Å². The molecule has 0 unspecified atom stereocenters. The van der Waals surface area contributed by atoms with Gasteiger partial charge < -0.3 is 9.47 Å². The Labute approximate surface area is 149 Å². The Morgan fingerprint density at radius 3 is 2.56 bits per heavy atom. The third kappa shape index (κ3) is 2.92. The van der Waals surface area contributed by atoms with Crippen LogP contribution in [0.1, 0.15) is 0 Å². The van der Waals surface area contributed by atoms with Crippen LogP contribution in [-0.4, -0.2) is 39.6 Å². The molecule has 0 N–H and O–H groups in total. The first-order chi connectivity index (χ1) is 12.8. The van der Waals surface area contributed by atoms with Crippen molar-refractivity contribution in [2.75, 3.05) is 13.1 Å². The highest BCUT2D eigenvalue weighted by Gasteiger charge is 2.30. The van der Waals surface area contributed by atoms with Gasteiger partial charge in [0.15, 0.2) is 23.3 Å². The van der Waals surface area contributed by atoms with Crippen molar-refractivity contribution in [3.05, 3.63) is 53.9 Å². The van der Waals surface area contributed by atoms with Crippen LogP contribution in [0.4, 0.5) is 22.0 Å². The summed E-state index contributed by atoms with van der Waals surface area (Å²) >= 11 is 0. The average Bonchev–Trinajstić information content (AvgIpc) is 2.92. The lowest BCUT2D eigenvalue weighted by atomic mass is 10.1. The van der Waals surface area contributed by atoms with Crippen LogP contribution in [0.3, 0.4) is 0 Å². The average molecular weight is 381 g/mol. The third-order valence-corrected chi connectivity index (χ3v) is 4.51. The van der Waals surface area contributed by atoms with E-state index in [1.807, 2.05) is 0 Å². The fourth-order valence-electron chi connectivity index (χ4n) is 3.02. The predicted octanol–water partition coefficient (Wildman–Crippen LogP) is 3.44. The Hall–Kier alpha value is -2.97. The van der Waals surface area contributed by atoms with Gasteiger partial charge in [0, 0.05) is 23.5 Å². The van der Waals surface area contributed by atoms with E-state index >= 15 is 0 Å². The van der Waals surface area contributed by atoms with E-state index in [4.69, 9.17) is 0 Å². The molecule has 0 bridgehead atoms. The molecule has 2 aromatic heterocycles. The van der Waals surface area contributed by atoms with Crippen LogP contribution in [-0.2, 0) is 11.3 Å². The number of amides is 1. The van der Waals surface area contributed by atoms with Crippen molar-refractivity contribution in [3.8, 4) is 11.1 Å². The van der Waals surface area contributed by atoms with Gasteiger partial charge in [-0.2, -0.15) is 0 Å². The number of rotatable bonds is 3. The zero-order valence-electron chi connectivity index (χ0n) is 13.7. The van der Waals surface area contributed by atoms with Crippen LogP contribution in [0.25, 0.3) is 22.2 Å². The van der Waals surface area contributed by atoms with Crippen molar-refractivity contribution >= 4 is 16.9 Å². The lowest BCUT2D eigenvalue weighted by Gasteiger charge is -2.34. The standard InChI is InChI=1S/C18H12F5N3O/c19-10-5-26(6-10)15(27)8-25-7-13(21)18-14(25)3-9(4-24-18)11-1-2-12(20)17(23)16(11)22/h1-4,7,10H,5-6,8H2. The minimum atomic E-state index is -1.62. The molecule has 1 aromatic carbocycles. The highest BCUT2D eigenvalue weighted by atomic mass is 19.2. The van der Waals surface area contributed by atoms with E-state index in [0.717, 1.165) is 24.5 Å². The number of nitrogens with zero attached hydrogens (tertiary/aromatic N) is 3. The summed E-state index contributed by atoms with van der Waals surface area (Å²) in [5.74, 6) is -5.43. The Morgan fingerprint density at radius 2 is 1.85 bits per heavy atom. The maximum atomic E-state index is 14.1. The van der Waals surface area contributed by atoms with Crippen molar-refractivity contribution in [2.45, 2.75) is 12.7 Å². The molecule has 140 valence electrons. The first kappa shape index (κ1) is 17.4. The van der Waals surface area contributed by atoms with E-state index in [2.05, 4.69) is 4.98 Å². The highest BCUT2D eigenvalue weighted by molar-refractivity contribution is 5.85. The van der Waals surface area contributed by atoms with Crippen LogP contribution in [0.5, 0.6) is 0 Å². The summed E-state index contributed by atoms with van der Waals surface area (Å²) < 4.78 is 68.9. The first-order valence-corrected chi connectivity index (χ1v) is 8.05. The highest BCUT2D eigenvalue weighted by Crippen LogP contribution is 2.29. The number of alkyl halides is 1. The minimum absolute atomic E-state index is 0.00984. The number of hydrogen-bond acceptors (Lipinski definition) is 2. The molecular weight excluding hydrogens is 369 g/mol. The lowest BCUT2D eigenvalue weighted by Crippen LogP contribution is -2.52. The van der Waals surface area contributed by atoms with Gasteiger partial charge in [-0.3, -0.25) is 9.78 Å². The summed E-state index contributed by atoms with van der Waals surface area (Å²) in [6, 6.07) is 3.16. The van der Waals surface area contributed by atoms with E-state index in [0.29, 0.717) is 0 Å². The molecule has 0 radical (unpaired) electrons. The second kappa shape index (κ2) is 6.33.